The molecule has 0 saturated carbocycles. The predicted octanol–water partition coefficient (Wildman–Crippen LogP) is 2.97. The van der Waals surface area contributed by atoms with Crippen LogP contribution in [-0.4, -0.2) is 11.5 Å². The lowest BCUT2D eigenvalue weighted by molar-refractivity contribution is -0.400. The summed E-state index contributed by atoms with van der Waals surface area (Å²) >= 11 is 0. The highest BCUT2D eigenvalue weighted by Gasteiger charge is 2.02. The van der Waals surface area contributed by atoms with Gasteiger partial charge < -0.3 is 4.74 Å². The number of para-hydroxylation sites is 1. The number of benzene rings is 1. The van der Waals surface area contributed by atoms with Gasteiger partial charge in [0.15, 0.2) is 0 Å². The lowest BCUT2D eigenvalue weighted by Gasteiger charge is -2.10. The van der Waals surface area contributed by atoms with E-state index in [0.29, 0.717) is 18.3 Å². The summed E-state index contributed by atoms with van der Waals surface area (Å²) in [5.41, 5.74) is 0.722. The average Bonchev–Trinajstić information content (AvgIpc) is 2.24. The van der Waals surface area contributed by atoms with Crippen LogP contribution in [0.2, 0.25) is 0 Å². The van der Waals surface area contributed by atoms with Crippen molar-refractivity contribution in [1.29, 1.82) is 0 Å². The minimum Gasteiger partial charge on any atom is -0.493 e. The lowest BCUT2D eigenvalue weighted by Crippen LogP contribution is -2.05. The molecule has 0 bridgehead atoms. The summed E-state index contributed by atoms with van der Waals surface area (Å²) in [4.78, 5) is 9.74. The molecule has 0 heterocycles. The van der Waals surface area contributed by atoms with E-state index >= 15 is 0 Å². The molecule has 1 aromatic carbocycles. The molecule has 4 heteroatoms. The second kappa shape index (κ2) is 5.90. The third-order valence-electron chi connectivity index (χ3n) is 1.87. The molecule has 1 aromatic rings. The second-order valence-electron chi connectivity index (χ2n) is 3.84. The molecule has 86 valence electrons. The van der Waals surface area contributed by atoms with Crippen LogP contribution in [0.5, 0.6) is 5.75 Å². The van der Waals surface area contributed by atoms with Crippen LogP contribution in [0.25, 0.3) is 6.08 Å². The fraction of sp³-hybridized carbons (Fsp3) is 0.333. The molecule has 0 spiro atoms. The molecule has 0 aromatic heterocycles. The molecule has 0 radical (unpaired) electrons. The lowest BCUT2D eigenvalue weighted by atomic mass is 10.2. The molecular formula is C12H15NO3. The Labute approximate surface area is 94.7 Å². The van der Waals surface area contributed by atoms with E-state index in [1.807, 2.05) is 18.2 Å². The highest BCUT2D eigenvalue weighted by molar-refractivity contribution is 5.56. The van der Waals surface area contributed by atoms with Gasteiger partial charge in [-0.25, -0.2) is 0 Å². The molecule has 16 heavy (non-hydrogen) atoms. The Kier molecular flexibility index (Phi) is 4.51. The zero-order chi connectivity index (χ0) is 12.0. The first-order chi connectivity index (χ1) is 7.59. The molecule has 0 aliphatic rings. The van der Waals surface area contributed by atoms with Crippen molar-refractivity contribution < 1.29 is 9.66 Å². The molecule has 0 atom stereocenters. The largest absolute Gasteiger partial charge is 0.493 e. The summed E-state index contributed by atoms with van der Waals surface area (Å²) in [6.45, 7) is 4.70. The minimum absolute atomic E-state index is 0.424. The number of rotatable bonds is 5. The van der Waals surface area contributed by atoms with E-state index in [4.69, 9.17) is 4.74 Å². The van der Waals surface area contributed by atoms with Gasteiger partial charge in [0, 0.05) is 11.6 Å². The SMILES string of the molecule is CC(C)COc1ccccc1C=C[N+](=O)[O-]. The van der Waals surface area contributed by atoms with Gasteiger partial charge in [-0.15, -0.1) is 0 Å². The summed E-state index contributed by atoms with van der Waals surface area (Å²) in [6.07, 6.45) is 2.35. The molecule has 0 fully saturated rings. The smallest absolute Gasteiger partial charge is 0.235 e. The van der Waals surface area contributed by atoms with Gasteiger partial charge >= 0.3 is 0 Å². The quantitative estimate of drug-likeness (QED) is 0.567. The van der Waals surface area contributed by atoms with Crippen LogP contribution in [0.15, 0.2) is 30.5 Å². The number of nitro groups is 1. The van der Waals surface area contributed by atoms with E-state index in [1.54, 1.807) is 6.07 Å². The molecule has 1 rings (SSSR count). The third kappa shape index (κ3) is 4.13. The van der Waals surface area contributed by atoms with Gasteiger partial charge in [0.25, 0.3) is 0 Å². The van der Waals surface area contributed by atoms with E-state index in [1.165, 1.54) is 6.08 Å². The maximum atomic E-state index is 10.2. The molecule has 0 amide bonds. The zero-order valence-electron chi connectivity index (χ0n) is 9.42. The van der Waals surface area contributed by atoms with E-state index in [2.05, 4.69) is 13.8 Å². The normalized spacial score (nSPS) is 10.9. The van der Waals surface area contributed by atoms with Gasteiger partial charge in [-0.2, -0.15) is 0 Å². The molecule has 0 aliphatic carbocycles. The molecule has 0 saturated heterocycles. The maximum Gasteiger partial charge on any atom is 0.235 e. The minimum atomic E-state index is -0.487. The summed E-state index contributed by atoms with van der Waals surface area (Å²) in [5.74, 6) is 1.10. The highest BCUT2D eigenvalue weighted by atomic mass is 16.6. The van der Waals surface area contributed by atoms with Crippen molar-refractivity contribution in [2.24, 2.45) is 5.92 Å². The molecular weight excluding hydrogens is 206 g/mol. The second-order valence-corrected chi connectivity index (χ2v) is 3.84. The Balaban J connectivity index is 2.79. The average molecular weight is 221 g/mol. The summed E-state index contributed by atoms with van der Waals surface area (Å²) < 4.78 is 5.56. The zero-order valence-corrected chi connectivity index (χ0v) is 9.42. The van der Waals surface area contributed by atoms with Gasteiger partial charge in [0.1, 0.15) is 5.75 Å². The summed E-state index contributed by atoms with van der Waals surface area (Å²) in [7, 11) is 0. The fourth-order valence-corrected chi connectivity index (χ4v) is 1.15. The van der Waals surface area contributed by atoms with Crippen LogP contribution in [0, 0.1) is 16.0 Å². The van der Waals surface area contributed by atoms with Crippen molar-refractivity contribution >= 4 is 6.08 Å². The fourth-order valence-electron chi connectivity index (χ4n) is 1.15. The first-order valence-corrected chi connectivity index (χ1v) is 5.13. The van der Waals surface area contributed by atoms with Gasteiger partial charge in [0.2, 0.25) is 6.20 Å². The van der Waals surface area contributed by atoms with Gasteiger partial charge in [-0.1, -0.05) is 32.0 Å². The Morgan fingerprint density at radius 2 is 2.12 bits per heavy atom. The Morgan fingerprint density at radius 1 is 1.44 bits per heavy atom. The Bertz CT molecular complexity index is 386. The monoisotopic (exact) mass is 221 g/mol. The highest BCUT2D eigenvalue weighted by Crippen LogP contribution is 2.20. The van der Waals surface area contributed by atoms with Crippen LogP contribution in [0.4, 0.5) is 0 Å². The van der Waals surface area contributed by atoms with Crippen molar-refractivity contribution in [2.75, 3.05) is 6.61 Å². The molecule has 4 nitrogen and oxygen atoms in total. The van der Waals surface area contributed by atoms with Crippen molar-refractivity contribution in [3.05, 3.63) is 46.1 Å². The maximum absolute atomic E-state index is 10.2. The van der Waals surface area contributed by atoms with Crippen LogP contribution < -0.4 is 4.74 Å². The van der Waals surface area contributed by atoms with Gasteiger partial charge in [-0.05, 0) is 12.0 Å². The third-order valence-corrected chi connectivity index (χ3v) is 1.87. The first kappa shape index (κ1) is 12.2. The summed E-state index contributed by atoms with van der Waals surface area (Å²) in [5, 5.41) is 10.2. The van der Waals surface area contributed by atoms with E-state index < -0.39 is 4.92 Å². The van der Waals surface area contributed by atoms with Crippen LogP contribution in [0.3, 0.4) is 0 Å². The Morgan fingerprint density at radius 3 is 2.75 bits per heavy atom. The molecule has 0 unspecified atom stereocenters. The van der Waals surface area contributed by atoms with Crippen molar-refractivity contribution in [3.63, 3.8) is 0 Å². The number of nitrogens with zero attached hydrogens (tertiary/aromatic N) is 1. The number of hydrogen-bond acceptors (Lipinski definition) is 3. The van der Waals surface area contributed by atoms with Crippen LogP contribution in [-0.2, 0) is 0 Å². The number of ether oxygens (including phenoxy) is 1. The van der Waals surface area contributed by atoms with Gasteiger partial charge in [0.05, 0.1) is 11.5 Å². The summed E-state index contributed by atoms with van der Waals surface area (Å²) in [6, 6.07) is 7.26. The van der Waals surface area contributed by atoms with E-state index in [-0.39, 0.29) is 0 Å². The Hall–Kier alpha value is -1.84. The standard InChI is InChI=1S/C12H15NO3/c1-10(2)9-16-12-6-4-3-5-11(12)7-8-13(14)15/h3-8,10H,9H2,1-2H3. The van der Waals surface area contributed by atoms with Crippen LogP contribution >= 0.6 is 0 Å². The van der Waals surface area contributed by atoms with E-state index in [0.717, 1.165) is 11.8 Å². The van der Waals surface area contributed by atoms with Crippen molar-refractivity contribution in [3.8, 4) is 5.75 Å². The van der Waals surface area contributed by atoms with Crippen molar-refractivity contribution in [1.82, 2.24) is 0 Å². The molecule has 0 N–H and O–H groups in total. The predicted molar refractivity (Wildman–Crippen MR) is 62.8 cm³/mol. The van der Waals surface area contributed by atoms with Crippen LogP contribution in [0.1, 0.15) is 19.4 Å². The molecule has 0 aliphatic heterocycles. The van der Waals surface area contributed by atoms with Crippen molar-refractivity contribution in [2.45, 2.75) is 13.8 Å². The van der Waals surface area contributed by atoms with E-state index in [9.17, 15) is 10.1 Å². The number of hydrogen-bond donors (Lipinski definition) is 0. The first-order valence-electron chi connectivity index (χ1n) is 5.13. The topological polar surface area (TPSA) is 52.4 Å². The van der Waals surface area contributed by atoms with Gasteiger partial charge in [-0.3, -0.25) is 10.1 Å².